The third-order valence-corrected chi connectivity index (χ3v) is 5.20. The molecular weight excluding hydrogens is 382 g/mol. The highest BCUT2D eigenvalue weighted by molar-refractivity contribution is 9.10. The Morgan fingerprint density at radius 1 is 1.33 bits per heavy atom. The lowest BCUT2D eigenvalue weighted by atomic mass is 10.2. The van der Waals surface area contributed by atoms with Gasteiger partial charge in [0.2, 0.25) is 10.0 Å². The molecule has 8 heteroatoms. The molecule has 1 aromatic carbocycles. The SMILES string of the molecule is COC(=O)CCCCCNS(=O)(=O)c1ccc(Br)cc1Cl. The third kappa shape index (κ3) is 6.34. The van der Waals surface area contributed by atoms with Gasteiger partial charge in [-0.3, -0.25) is 4.79 Å². The Balaban J connectivity index is 2.42. The average Bonchev–Trinajstić information content (AvgIpc) is 2.41. The molecule has 0 saturated heterocycles. The van der Waals surface area contributed by atoms with E-state index in [9.17, 15) is 13.2 Å². The smallest absolute Gasteiger partial charge is 0.305 e. The maximum Gasteiger partial charge on any atom is 0.305 e. The second-order valence-electron chi connectivity index (χ2n) is 4.36. The van der Waals surface area contributed by atoms with Crippen molar-refractivity contribution in [3.8, 4) is 0 Å². The van der Waals surface area contributed by atoms with Crippen molar-refractivity contribution in [3.63, 3.8) is 0 Å². The van der Waals surface area contributed by atoms with Gasteiger partial charge in [-0.05, 0) is 31.0 Å². The first-order chi connectivity index (χ1) is 9.86. The molecule has 1 N–H and O–H groups in total. The number of ether oxygens (including phenoxy) is 1. The number of rotatable bonds is 8. The molecule has 0 atom stereocenters. The normalized spacial score (nSPS) is 11.4. The number of esters is 1. The maximum atomic E-state index is 12.1. The van der Waals surface area contributed by atoms with Crippen LogP contribution < -0.4 is 4.72 Å². The van der Waals surface area contributed by atoms with E-state index >= 15 is 0 Å². The Morgan fingerprint density at radius 3 is 2.67 bits per heavy atom. The summed E-state index contributed by atoms with van der Waals surface area (Å²) in [5.74, 6) is -0.253. The molecule has 0 aromatic heterocycles. The van der Waals surface area contributed by atoms with E-state index in [4.69, 9.17) is 11.6 Å². The molecule has 0 heterocycles. The van der Waals surface area contributed by atoms with Gasteiger partial charge in [0.05, 0.1) is 12.1 Å². The fraction of sp³-hybridized carbons (Fsp3) is 0.462. The summed E-state index contributed by atoms with van der Waals surface area (Å²) in [7, 11) is -2.26. The van der Waals surface area contributed by atoms with Crippen LogP contribution in [0.5, 0.6) is 0 Å². The van der Waals surface area contributed by atoms with Crippen molar-refractivity contribution in [1.29, 1.82) is 0 Å². The largest absolute Gasteiger partial charge is 0.469 e. The van der Waals surface area contributed by atoms with E-state index in [-0.39, 0.29) is 15.9 Å². The number of sulfonamides is 1. The Labute approximate surface area is 138 Å². The molecule has 0 aliphatic rings. The van der Waals surface area contributed by atoms with Gasteiger partial charge < -0.3 is 4.74 Å². The molecular formula is C13H17BrClNO4S. The molecule has 0 radical (unpaired) electrons. The molecule has 0 unspecified atom stereocenters. The number of halogens is 2. The van der Waals surface area contributed by atoms with Crippen LogP contribution in [0, 0.1) is 0 Å². The summed E-state index contributed by atoms with van der Waals surface area (Å²) in [5.41, 5.74) is 0. The molecule has 0 fully saturated rings. The number of carbonyl (C=O) groups is 1. The number of carbonyl (C=O) groups excluding carboxylic acids is 1. The van der Waals surface area contributed by atoms with Crippen LogP contribution in [-0.4, -0.2) is 28.0 Å². The van der Waals surface area contributed by atoms with Gasteiger partial charge >= 0.3 is 5.97 Å². The van der Waals surface area contributed by atoms with Gasteiger partial charge in [0.25, 0.3) is 0 Å². The van der Waals surface area contributed by atoms with Gasteiger partial charge in [-0.1, -0.05) is 34.0 Å². The molecule has 1 rings (SSSR count). The van der Waals surface area contributed by atoms with Gasteiger partial charge in [-0.15, -0.1) is 0 Å². The molecule has 0 aliphatic heterocycles. The van der Waals surface area contributed by atoms with E-state index in [0.717, 1.165) is 6.42 Å². The predicted molar refractivity (Wildman–Crippen MR) is 84.8 cm³/mol. The number of methoxy groups -OCH3 is 1. The summed E-state index contributed by atoms with van der Waals surface area (Å²) in [6.07, 6.45) is 2.41. The molecule has 0 bridgehead atoms. The Kier molecular flexibility index (Phi) is 7.65. The molecule has 0 aliphatic carbocycles. The van der Waals surface area contributed by atoms with Crippen molar-refractivity contribution in [1.82, 2.24) is 4.72 Å². The number of unbranched alkanes of at least 4 members (excludes halogenated alkanes) is 2. The predicted octanol–water partition coefficient (Wildman–Crippen LogP) is 3.11. The summed E-state index contributed by atoms with van der Waals surface area (Å²) < 4.78 is 31.9. The zero-order chi connectivity index (χ0) is 15.9. The lowest BCUT2D eigenvalue weighted by molar-refractivity contribution is -0.140. The van der Waals surface area contributed by atoms with E-state index in [1.165, 1.54) is 19.2 Å². The van der Waals surface area contributed by atoms with Crippen molar-refractivity contribution in [2.75, 3.05) is 13.7 Å². The fourth-order valence-electron chi connectivity index (χ4n) is 1.65. The lowest BCUT2D eigenvalue weighted by Gasteiger charge is -2.08. The van der Waals surface area contributed by atoms with E-state index < -0.39 is 10.0 Å². The lowest BCUT2D eigenvalue weighted by Crippen LogP contribution is -2.25. The average molecular weight is 399 g/mol. The first-order valence-electron chi connectivity index (χ1n) is 6.38. The minimum absolute atomic E-state index is 0.0573. The Bertz CT molecular complexity index is 592. The first kappa shape index (κ1) is 18.4. The van der Waals surface area contributed by atoms with Gasteiger partial charge in [-0.2, -0.15) is 0 Å². The fourth-order valence-corrected chi connectivity index (χ4v) is 3.76. The number of hydrogen-bond acceptors (Lipinski definition) is 4. The number of benzene rings is 1. The zero-order valence-corrected chi connectivity index (χ0v) is 14.7. The van der Waals surface area contributed by atoms with E-state index in [2.05, 4.69) is 25.4 Å². The molecule has 21 heavy (non-hydrogen) atoms. The highest BCUT2D eigenvalue weighted by Gasteiger charge is 2.17. The highest BCUT2D eigenvalue weighted by atomic mass is 79.9. The molecule has 0 spiro atoms. The van der Waals surface area contributed by atoms with Gasteiger partial charge in [0, 0.05) is 17.4 Å². The van der Waals surface area contributed by atoms with E-state index in [1.807, 2.05) is 0 Å². The van der Waals surface area contributed by atoms with Crippen molar-refractivity contribution in [3.05, 3.63) is 27.7 Å². The van der Waals surface area contributed by atoms with Gasteiger partial charge in [0.1, 0.15) is 4.90 Å². The van der Waals surface area contributed by atoms with E-state index in [0.29, 0.717) is 30.3 Å². The van der Waals surface area contributed by atoms with Crippen LogP contribution in [-0.2, 0) is 19.6 Å². The van der Waals surface area contributed by atoms with Crippen LogP contribution >= 0.6 is 27.5 Å². The van der Waals surface area contributed by atoms with Gasteiger partial charge in [-0.25, -0.2) is 13.1 Å². The summed E-state index contributed by atoms with van der Waals surface area (Å²) in [6, 6.07) is 4.61. The quantitative estimate of drug-likeness (QED) is 0.539. The number of nitrogens with one attached hydrogen (secondary N) is 1. The van der Waals surface area contributed by atoms with Crippen molar-refractivity contribution in [2.24, 2.45) is 0 Å². The summed E-state index contributed by atoms with van der Waals surface area (Å²) >= 11 is 9.15. The molecule has 1 aromatic rings. The third-order valence-electron chi connectivity index (χ3n) is 2.76. The molecule has 5 nitrogen and oxygen atoms in total. The molecule has 0 saturated carbocycles. The van der Waals surface area contributed by atoms with Crippen LogP contribution in [0.4, 0.5) is 0 Å². The highest BCUT2D eigenvalue weighted by Crippen LogP contribution is 2.24. The summed E-state index contributed by atoms with van der Waals surface area (Å²) in [5, 5.41) is 0.169. The first-order valence-corrected chi connectivity index (χ1v) is 9.04. The van der Waals surface area contributed by atoms with Crippen LogP contribution in [0.2, 0.25) is 5.02 Å². The minimum Gasteiger partial charge on any atom is -0.469 e. The zero-order valence-electron chi connectivity index (χ0n) is 11.6. The second kappa shape index (κ2) is 8.73. The van der Waals surface area contributed by atoms with Crippen molar-refractivity contribution in [2.45, 2.75) is 30.6 Å². The van der Waals surface area contributed by atoms with Crippen LogP contribution in [0.15, 0.2) is 27.6 Å². The van der Waals surface area contributed by atoms with Crippen LogP contribution in [0.1, 0.15) is 25.7 Å². The van der Waals surface area contributed by atoms with E-state index in [1.54, 1.807) is 6.07 Å². The topological polar surface area (TPSA) is 72.5 Å². The standard InChI is InChI=1S/C13H17BrClNO4S/c1-20-13(17)5-3-2-4-8-16-21(18,19)12-7-6-10(14)9-11(12)15/h6-7,9,16H,2-5,8H2,1H3. The monoisotopic (exact) mass is 397 g/mol. The Hall–Kier alpha value is -0.630. The second-order valence-corrected chi connectivity index (χ2v) is 7.42. The minimum atomic E-state index is -3.61. The molecule has 0 amide bonds. The Morgan fingerprint density at radius 2 is 2.05 bits per heavy atom. The maximum absolute atomic E-state index is 12.1. The summed E-state index contributed by atoms with van der Waals surface area (Å²) in [6.45, 7) is 0.301. The van der Waals surface area contributed by atoms with Gasteiger partial charge in [0.15, 0.2) is 0 Å². The molecule has 118 valence electrons. The van der Waals surface area contributed by atoms with Crippen LogP contribution in [0.3, 0.4) is 0 Å². The number of hydrogen-bond donors (Lipinski definition) is 1. The van der Waals surface area contributed by atoms with Crippen molar-refractivity contribution < 1.29 is 17.9 Å². The summed E-state index contributed by atoms with van der Waals surface area (Å²) in [4.78, 5) is 11.0. The van der Waals surface area contributed by atoms with Crippen LogP contribution in [0.25, 0.3) is 0 Å². The van der Waals surface area contributed by atoms with Crippen molar-refractivity contribution >= 4 is 43.5 Å².